The molecule has 0 aromatic heterocycles. The average molecular weight is 472 g/mol. The van der Waals surface area contributed by atoms with Gasteiger partial charge < -0.3 is 4.90 Å². The Bertz CT molecular complexity index is 1530. The fourth-order valence-electron chi connectivity index (χ4n) is 5.42. The van der Waals surface area contributed by atoms with Crippen LogP contribution in [0.2, 0.25) is 5.02 Å². The summed E-state index contributed by atoms with van der Waals surface area (Å²) in [6.45, 7) is 4.63. The number of hydrogen-bond acceptors (Lipinski definition) is 1. The molecule has 0 heterocycles. The van der Waals surface area contributed by atoms with Crippen LogP contribution in [0.1, 0.15) is 25.0 Å². The lowest BCUT2D eigenvalue weighted by Crippen LogP contribution is -2.15. The number of fused-ring (bicyclic) bond motifs is 3. The van der Waals surface area contributed by atoms with E-state index in [0.29, 0.717) is 0 Å². The van der Waals surface area contributed by atoms with Gasteiger partial charge in [-0.15, -0.1) is 0 Å². The van der Waals surface area contributed by atoms with E-state index in [4.69, 9.17) is 11.6 Å². The summed E-state index contributed by atoms with van der Waals surface area (Å²) >= 11 is 6.49. The first-order valence-corrected chi connectivity index (χ1v) is 12.4. The second kappa shape index (κ2) is 8.45. The molecule has 0 atom stereocenters. The molecule has 1 nitrogen and oxygen atoms in total. The Morgan fingerprint density at radius 2 is 1.20 bits per heavy atom. The Morgan fingerprint density at radius 3 is 2.00 bits per heavy atom. The first kappa shape index (κ1) is 21.7. The molecule has 0 saturated heterocycles. The molecule has 170 valence electrons. The standard InChI is InChI=1S/C33H26ClN/c1-33(2)30-17-8-6-16-28(30)29-22-26(19-20-31(29)33)35(25-14-10-13-24(34)21-25)32-18-9-7-15-27(32)23-11-4-3-5-12-23/h3-22H,1-2H3. The molecule has 0 spiro atoms. The number of benzene rings is 5. The minimum Gasteiger partial charge on any atom is -0.310 e. The normalized spacial score (nSPS) is 13.2. The zero-order valence-electron chi connectivity index (χ0n) is 19.9. The van der Waals surface area contributed by atoms with Crippen LogP contribution in [-0.4, -0.2) is 0 Å². The van der Waals surface area contributed by atoms with Crippen LogP contribution in [0.4, 0.5) is 17.1 Å². The molecule has 5 aromatic carbocycles. The maximum absolute atomic E-state index is 6.49. The van der Waals surface area contributed by atoms with Gasteiger partial charge in [0.25, 0.3) is 0 Å². The van der Waals surface area contributed by atoms with E-state index >= 15 is 0 Å². The predicted octanol–water partition coefficient (Wildman–Crippen LogP) is 9.78. The molecule has 2 heteroatoms. The largest absolute Gasteiger partial charge is 0.310 e. The highest BCUT2D eigenvalue weighted by Gasteiger charge is 2.35. The van der Waals surface area contributed by atoms with E-state index in [0.717, 1.165) is 22.1 Å². The number of halogens is 1. The zero-order chi connectivity index (χ0) is 24.0. The van der Waals surface area contributed by atoms with E-state index < -0.39 is 0 Å². The maximum Gasteiger partial charge on any atom is 0.0540 e. The average Bonchev–Trinajstić information content (AvgIpc) is 3.12. The van der Waals surface area contributed by atoms with Crippen LogP contribution < -0.4 is 4.90 Å². The van der Waals surface area contributed by atoms with Gasteiger partial charge in [0.15, 0.2) is 0 Å². The minimum absolute atomic E-state index is 0.0205. The number of hydrogen-bond donors (Lipinski definition) is 0. The third-order valence-electron chi connectivity index (χ3n) is 7.12. The van der Waals surface area contributed by atoms with Gasteiger partial charge in [0.1, 0.15) is 0 Å². The molecule has 5 aromatic rings. The number of nitrogens with zero attached hydrogens (tertiary/aromatic N) is 1. The van der Waals surface area contributed by atoms with E-state index in [1.807, 2.05) is 18.2 Å². The molecular weight excluding hydrogens is 446 g/mol. The van der Waals surface area contributed by atoms with Crippen molar-refractivity contribution in [3.63, 3.8) is 0 Å². The van der Waals surface area contributed by atoms with Crippen LogP contribution in [0, 0.1) is 0 Å². The van der Waals surface area contributed by atoms with Crippen molar-refractivity contribution in [2.45, 2.75) is 19.3 Å². The highest BCUT2D eigenvalue weighted by molar-refractivity contribution is 6.30. The van der Waals surface area contributed by atoms with E-state index in [9.17, 15) is 0 Å². The lowest BCUT2D eigenvalue weighted by Gasteiger charge is -2.29. The minimum atomic E-state index is -0.0205. The summed E-state index contributed by atoms with van der Waals surface area (Å²) in [5.41, 5.74) is 11.0. The number of anilines is 3. The Balaban J connectivity index is 1.60. The molecule has 0 bridgehead atoms. The van der Waals surface area contributed by atoms with Gasteiger partial charge in [0.2, 0.25) is 0 Å². The molecule has 6 rings (SSSR count). The fourth-order valence-corrected chi connectivity index (χ4v) is 5.60. The molecule has 0 N–H and O–H groups in total. The van der Waals surface area contributed by atoms with Crippen molar-refractivity contribution in [3.05, 3.63) is 137 Å². The molecule has 35 heavy (non-hydrogen) atoms. The van der Waals surface area contributed by atoms with Crippen LogP contribution in [-0.2, 0) is 5.41 Å². The van der Waals surface area contributed by atoms with E-state index in [-0.39, 0.29) is 5.41 Å². The Hall–Kier alpha value is -3.81. The van der Waals surface area contributed by atoms with Gasteiger partial charge >= 0.3 is 0 Å². The second-order valence-electron chi connectivity index (χ2n) is 9.60. The molecule has 1 aliphatic carbocycles. The van der Waals surface area contributed by atoms with Crippen molar-refractivity contribution in [3.8, 4) is 22.3 Å². The van der Waals surface area contributed by atoms with Crippen molar-refractivity contribution >= 4 is 28.7 Å². The van der Waals surface area contributed by atoms with Gasteiger partial charge in [-0.2, -0.15) is 0 Å². The molecule has 0 radical (unpaired) electrons. The SMILES string of the molecule is CC1(C)c2ccccc2-c2cc(N(c3cccc(Cl)c3)c3ccccc3-c3ccccc3)ccc21. The fraction of sp³-hybridized carbons (Fsp3) is 0.0909. The molecule has 0 amide bonds. The van der Waals surface area contributed by atoms with Crippen molar-refractivity contribution in [2.24, 2.45) is 0 Å². The topological polar surface area (TPSA) is 3.24 Å². The van der Waals surface area contributed by atoms with Crippen molar-refractivity contribution in [2.75, 3.05) is 4.90 Å². The van der Waals surface area contributed by atoms with Gasteiger partial charge in [0.05, 0.1) is 5.69 Å². The lowest BCUT2D eigenvalue weighted by atomic mass is 9.82. The van der Waals surface area contributed by atoms with Crippen LogP contribution in [0.3, 0.4) is 0 Å². The third-order valence-corrected chi connectivity index (χ3v) is 7.36. The molecular formula is C33H26ClN. The van der Waals surface area contributed by atoms with E-state index in [1.54, 1.807) is 0 Å². The smallest absolute Gasteiger partial charge is 0.0540 e. The predicted molar refractivity (Wildman–Crippen MR) is 149 cm³/mol. The summed E-state index contributed by atoms with van der Waals surface area (Å²) in [7, 11) is 0. The van der Waals surface area contributed by atoms with E-state index in [1.165, 1.54) is 33.4 Å². The van der Waals surface area contributed by atoms with Gasteiger partial charge in [0, 0.05) is 27.4 Å². The summed E-state index contributed by atoms with van der Waals surface area (Å²) < 4.78 is 0. The van der Waals surface area contributed by atoms with Crippen LogP contribution in [0.25, 0.3) is 22.3 Å². The van der Waals surface area contributed by atoms with Crippen LogP contribution in [0.15, 0.2) is 121 Å². The zero-order valence-corrected chi connectivity index (χ0v) is 20.6. The second-order valence-corrected chi connectivity index (χ2v) is 10.0. The Morgan fingerprint density at radius 1 is 0.543 bits per heavy atom. The first-order valence-electron chi connectivity index (χ1n) is 12.0. The van der Waals surface area contributed by atoms with Crippen molar-refractivity contribution in [1.82, 2.24) is 0 Å². The summed E-state index contributed by atoms with van der Waals surface area (Å²) in [6, 6.07) is 42.9. The van der Waals surface area contributed by atoms with Crippen molar-refractivity contribution < 1.29 is 0 Å². The highest BCUT2D eigenvalue weighted by Crippen LogP contribution is 2.51. The third kappa shape index (κ3) is 3.64. The summed E-state index contributed by atoms with van der Waals surface area (Å²) in [4.78, 5) is 2.32. The first-order chi connectivity index (χ1) is 17.0. The summed E-state index contributed by atoms with van der Waals surface area (Å²) in [5.74, 6) is 0. The molecule has 0 aliphatic heterocycles. The Kier molecular flexibility index (Phi) is 5.24. The summed E-state index contributed by atoms with van der Waals surface area (Å²) in [6.07, 6.45) is 0. The molecule has 0 unspecified atom stereocenters. The number of rotatable bonds is 4. The maximum atomic E-state index is 6.49. The molecule has 1 aliphatic rings. The highest BCUT2D eigenvalue weighted by atomic mass is 35.5. The van der Waals surface area contributed by atoms with Crippen LogP contribution in [0.5, 0.6) is 0 Å². The number of para-hydroxylation sites is 1. The van der Waals surface area contributed by atoms with Gasteiger partial charge in [-0.1, -0.05) is 110 Å². The Labute approximate surface area is 212 Å². The molecule has 0 saturated carbocycles. The van der Waals surface area contributed by atoms with E-state index in [2.05, 4.69) is 122 Å². The molecule has 0 fully saturated rings. The van der Waals surface area contributed by atoms with Crippen LogP contribution >= 0.6 is 11.6 Å². The van der Waals surface area contributed by atoms with Gasteiger partial charge in [-0.05, 0) is 64.2 Å². The van der Waals surface area contributed by atoms with Gasteiger partial charge in [-0.3, -0.25) is 0 Å². The quantitative estimate of drug-likeness (QED) is 0.252. The van der Waals surface area contributed by atoms with Crippen molar-refractivity contribution in [1.29, 1.82) is 0 Å². The van der Waals surface area contributed by atoms with Gasteiger partial charge in [-0.25, -0.2) is 0 Å². The summed E-state index contributed by atoms with van der Waals surface area (Å²) in [5, 5.41) is 0.720. The monoisotopic (exact) mass is 471 g/mol. The lowest BCUT2D eigenvalue weighted by molar-refractivity contribution is 0.660.